The Labute approximate surface area is 270 Å². The lowest BCUT2D eigenvalue weighted by Gasteiger charge is -2.48. The van der Waals surface area contributed by atoms with Gasteiger partial charge in [0.05, 0.1) is 28.9 Å². The predicted molar refractivity (Wildman–Crippen MR) is 185 cm³/mol. The van der Waals surface area contributed by atoms with Crippen LogP contribution >= 0.6 is 0 Å². The van der Waals surface area contributed by atoms with Gasteiger partial charge in [-0.2, -0.15) is 0 Å². The zero-order chi connectivity index (χ0) is 29.8. The van der Waals surface area contributed by atoms with E-state index < -0.39 is 0 Å². The van der Waals surface area contributed by atoms with Crippen LogP contribution in [0.4, 0.5) is 0 Å². The quantitative estimate of drug-likeness (QED) is 0.188. The standard InChI is InChI=1S/C43H41N3/c1-20-4-3-5-21(2)35(20)25-13-31-38-33(18-44-40-26-9-22-6-23(10-26)8-24(7-22)36(38)40)46-34-19-45-41-28-12-30-15-29-11-27(16-43(29,30)17-28)37(41)39(34)32(14-25)42(31)46/h3-5,13-14,18-19,22-24,26-30H,6-12,15-17H2,1-2H3. The van der Waals surface area contributed by atoms with Crippen molar-refractivity contribution in [2.24, 2.45) is 29.1 Å². The number of hydrogen-bond donors (Lipinski definition) is 0. The Balaban J connectivity index is 1.20. The second kappa shape index (κ2) is 7.80. The first kappa shape index (κ1) is 24.7. The van der Waals surface area contributed by atoms with Crippen LogP contribution in [0.1, 0.15) is 122 Å². The number of nitrogens with zero attached hydrogens (tertiary/aromatic N) is 3. The maximum Gasteiger partial charge on any atom is 0.0728 e. The molecule has 5 saturated carbocycles. The highest BCUT2D eigenvalue weighted by molar-refractivity contribution is 6.26. The van der Waals surface area contributed by atoms with Crippen molar-refractivity contribution >= 4 is 38.1 Å². The molecule has 228 valence electrons. The van der Waals surface area contributed by atoms with E-state index >= 15 is 0 Å². The van der Waals surface area contributed by atoms with Crippen LogP contribution in [-0.2, 0) is 0 Å². The van der Waals surface area contributed by atoms with E-state index in [1.807, 2.05) is 0 Å². The summed E-state index contributed by atoms with van der Waals surface area (Å²) in [4.78, 5) is 11.0. The summed E-state index contributed by atoms with van der Waals surface area (Å²) in [6.07, 6.45) is 18.6. The lowest BCUT2D eigenvalue weighted by molar-refractivity contribution is 0.00321. The molecule has 0 aliphatic heterocycles. The van der Waals surface area contributed by atoms with E-state index in [0.29, 0.717) is 29.1 Å². The largest absolute Gasteiger partial charge is 0.305 e. The van der Waals surface area contributed by atoms with Gasteiger partial charge in [-0.3, -0.25) is 9.97 Å². The number of aromatic nitrogens is 3. The smallest absolute Gasteiger partial charge is 0.0728 e. The van der Waals surface area contributed by atoms with E-state index in [-0.39, 0.29) is 0 Å². The third kappa shape index (κ3) is 2.65. The Kier molecular flexibility index (Phi) is 4.19. The number of benzene rings is 2. The van der Waals surface area contributed by atoms with Crippen LogP contribution in [0.2, 0.25) is 0 Å². The average molecular weight is 600 g/mol. The number of fused-ring (bicyclic) bond motifs is 12. The first-order valence-corrected chi connectivity index (χ1v) is 18.6. The molecule has 0 amide bonds. The molecule has 2 aromatic carbocycles. The molecule has 4 aromatic heterocycles. The van der Waals surface area contributed by atoms with Crippen LogP contribution < -0.4 is 0 Å². The molecule has 46 heavy (non-hydrogen) atoms. The third-order valence-corrected chi connectivity index (χ3v) is 15.7. The van der Waals surface area contributed by atoms with Gasteiger partial charge in [0.1, 0.15) is 0 Å². The molecule has 3 nitrogen and oxygen atoms in total. The molecule has 0 N–H and O–H groups in total. The van der Waals surface area contributed by atoms with Gasteiger partial charge < -0.3 is 4.40 Å². The average Bonchev–Trinajstić information content (AvgIpc) is 3.68. The van der Waals surface area contributed by atoms with Gasteiger partial charge >= 0.3 is 0 Å². The summed E-state index contributed by atoms with van der Waals surface area (Å²) >= 11 is 0. The molecule has 3 heteroatoms. The molecule has 4 heterocycles. The summed E-state index contributed by atoms with van der Waals surface area (Å²) in [5.41, 5.74) is 16.6. The van der Waals surface area contributed by atoms with Crippen molar-refractivity contribution in [3.63, 3.8) is 0 Å². The third-order valence-electron chi connectivity index (χ3n) is 15.7. The van der Waals surface area contributed by atoms with Crippen molar-refractivity contribution in [2.45, 2.75) is 102 Å². The Morgan fingerprint density at radius 2 is 1.24 bits per heavy atom. The molecule has 14 rings (SSSR count). The second-order valence-electron chi connectivity index (χ2n) is 17.6. The lowest BCUT2D eigenvalue weighted by atomic mass is 9.56. The molecule has 8 aliphatic carbocycles. The van der Waals surface area contributed by atoms with Crippen molar-refractivity contribution in [1.82, 2.24) is 14.4 Å². The number of aryl methyl sites for hydroxylation is 2. The summed E-state index contributed by atoms with van der Waals surface area (Å²) in [7, 11) is 0. The van der Waals surface area contributed by atoms with Gasteiger partial charge in [-0.25, -0.2) is 0 Å². The summed E-state index contributed by atoms with van der Waals surface area (Å²) < 4.78 is 2.65. The molecular formula is C43H41N3. The minimum absolute atomic E-state index is 0.638. The molecular weight excluding hydrogens is 558 g/mol. The molecule has 5 fully saturated rings. The summed E-state index contributed by atoms with van der Waals surface area (Å²) in [6, 6.07) is 12.1. The normalized spacial score (nSPS) is 36.1. The summed E-state index contributed by atoms with van der Waals surface area (Å²) in [5.74, 6) is 6.37. The van der Waals surface area contributed by atoms with E-state index in [9.17, 15) is 0 Å². The van der Waals surface area contributed by atoms with Crippen LogP contribution in [0, 0.1) is 42.9 Å². The Morgan fingerprint density at radius 3 is 1.93 bits per heavy atom. The lowest BCUT2D eigenvalue weighted by Crippen LogP contribution is -2.41. The molecule has 1 spiro atoms. The van der Waals surface area contributed by atoms with Crippen LogP contribution in [0.15, 0.2) is 42.7 Å². The Bertz CT molecular complexity index is 2340. The Hall–Kier alpha value is -3.46. The van der Waals surface area contributed by atoms with Crippen molar-refractivity contribution < 1.29 is 0 Å². The monoisotopic (exact) mass is 599 g/mol. The summed E-state index contributed by atoms with van der Waals surface area (Å²) in [5, 5.41) is 6.05. The summed E-state index contributed by atoms with van der Waals surface area (Å²) in [6.45, 7) is 4.62. The topological polar surface area (TPSA) is 30.2 Å². The minimum atomic E-state index is 0.638. The molecule has 8 aliphatic rings. The maximum absolute atomic E-state index is 5.49. The molecule has 7 atom stereocenters. The molecule has 0 radical (unpaired) electrons. The van der Waals surface area contributed by atoms with Crippen LogP contribution in [0.5, 0.6) is 0 Å². The van der Waals surface area contributed by atoms with Crippen molar-refractivity contribution in [3.05, 3.63) is 76.4 Å². The number of hydrogen-bond acceptors (Lipinski definition) is 2. The second-order valence-corrected chi connectivity index (χ2v) is 17.6. The fourth-order valence-electron chi connectivity index (χ4n) is 14.4. The van der Waals surface area contributed by atoms with E-state index in [2.05, 4.69) is 61.0 Å². The highest BCUT2D eigenvalue weighted by atomic mass is 15.0. The van der Waals surface area contributed by atoms with Gasteiger partial charge in [-0.05, 0) is 164 Å². The molecule has 7 unspecified atom stereocenters. The van der Waals surface area contributed by atoms with Gasteiger partial charge in [0, 0.05) is 44.8 Å². The SMILES string of the molecule is Cc1cccc(C)c1-c1cc2c3c4c(ncc3n3c5cnc6c(c5c(c1)c23)C1CC2CC3CC6CC32C1)C1CC2CC(C1)CC4C2. The highest BCUT2D eigenvalue weighted by Crippen LogP contribution is 2.76. The van der Waals surface area contributed by atoms with Gasteiger partial charge in [0.2, 0.25) is 0 Å². The van der Waals surface area contributed by atoms with Crippen molar-refractivity contribution in [3.8, 4) is 11.1 Å². The first-order chi connectivity index (χ1) is 22.5. The van der Waals surface area contributed by atoms with Gasteiger partial charge in [-0.15, -0.1) is 0 Å². The van der Waals surface area contributed by atoms with Crippen molar-refractivity contribution in [1.29, 1.82) is 0 Å². The van der Waals surface area contributed by atoms with Gasteiger partial charge in [0.15, 0.2) is 0 Å². The zero-order valence-corrected chi connectivity index (χ0v) is 27.1. The minimum Gasteiger partial charge on any atom is -0.305 e. The maximum atomic E-state index is 5.49. The predicted octanol–water partition coefficient (Wildman–Crippen LogP) is 10.7. The van der Waals surface area contributed by atoms with Crippen LogP contribution in [0.25, 0.3) is 49.2 Å². The molecule has 7 bridgehead atoms. The highest BCUT2D eigenvalue weighted by Gasteiger charge is 2.66. The fourth-order valence-corrected chi connectivity index (χ4v) is 14.4. The molecule has 6 aromatic rings. The van der Waals surface area contributed by atoms with E-state index in [1.165, 1.54) is 131 Å². The van der Waals surface area contributed by atoms with E-state index in [4.69, 9.17) is 9.97 Å². The van der Waals surface area contributed by atoms with Crippen LogP contribution in [-0.4, -0.2) is 14.4 Å². The van der Waals surface area contributed by atoms with E-state index in [0.717, 1.165) is 23.7 Å². The number of pyridine rings is 2. The van der Waals surface area contributed by atoms with Crippen LogP contribution in [0.3, 0.4) is 0 Å². The van der Waals surface area contributed by atoms with E-state index in [1.54, 1.807) is 16.5 Å². The Morgan fingerprint density at radius 1 is 0.652 bits per heavy atom. The number of rotatable bonds is 1. The zero-order valence-electron chi connectivity index (χ0n) is 27.1. The van der Waals surface area contributed by atoms with Gasteiger partial charge in [-0.1, -0.05) is 18.2 Å². The van der Waals surface area contributed by atoms with Gasteiger partial charge in [0.25, 0.3) is 0 Å². The molecule has 0 saturated heterocycles. The van der Waals surface area contributed by atoms with Crippen molar-refractivity contribution in [2.75, 3.05) is 0 Å². The fraction of sp³-hybridized carbons (Fsp3) is 0.488. The first-order valence-electron chi connectivity index (χ1n) is 18.6.